The molecule has 3 aliphatic rings. The molecule has 0 bridgehead atoms. The lowest BCUT2D eigenvalue weighted by atomic mass is 10.0. The SMILES string of the molecule is O=c1[nH]c2cc3c(cc2cc1C(c1nnnn1C1CCCC1)N1CCN(c2ccc(O)cc2)CC1)OCO3. The van der Waals surface area contributed by atoms with Gasteiger partial charge in [0.15, 0.2) is 17.3 Å². The average molecular weight is 516 g/mol. The van der Waals surface area contributed by atoms with E-state index in [9.17, 15) is 9.90 Å². The maximum Gasteiger partial charge on any atom is 0.253 e. The normalized spacial score (nSPS) is 18.9. The fourth-order valence-electron chi connectivity index (χ4n) is 6.01. The van der Waals surface area contributed by atoms with Crippen LogP contribution >= 0.6 is 0 Å². The molecule has 2 N–H and O–H groups in total. The van der Waals surface area contributed by atoms with Gasteiger partial charge in [-0.2, -0.15) is 0 Å². The number of benzene rings is 2. The first-order valence-corrected chi connectivity index (χ1v) is 13.2. The molecule has 0 radical (unpaired) electrons. The third kappa shape index (κ3) is 4.03. The number of pyridine rings is 1. The number of phenols is 1. The van der Waals surface area contributed by atoms with Gasteiger partial charge in [0.05, 0.1) is 11.6 Å². The predicted octanol–water partition coefficient (Wildman–Crippen LogP) is 2.98. The third-order valence-corrected chi connectivity index (χ3v) is 7.99. The van der Waals surface area contributed by atoms with Crippen molar-refractivity contribution in [2.24, 2.45) is 0 Å². The van der Waals surface area contributed by atoms with Gasteiger partial charge in [-0.3, -0.25) is 9.69 Å². The van der Waals surface area contributed by atoms with Crippen molar-refractivity contribution in [3.63, 3.8) is 0 Å². The number of piperazine rings is 1. The molecule has 38 heavy (non-hydrogen) atoms. The number of phenolic OH excluding ortho intramolecular Hbond substituents is 1. The van der Waals surface area contributed by atoms with E-state index >= 15 is 0 Å². The molecule has 1 saturated carbocycles. The first-order chi connectivity index (χ1) is 18.6. The molecule has 196 valence electrons. The van der Waals surface area contributed by atoms with Crippen molar-refractivity contribution in [1.82, 2.24) is 30.1 Å². The summed E-state index contributed by atoms with van der Waals surface area (Å²) in [5.41, 5.74) is 2.22. The lowest BCUT2D eigenvalue weighted by Gasteiger charge is -2.39. The van der Waals surface area contributed by atoms with Crippen LogP contribution in [0.5, 0.6) is 17.2 Å². The van der Waals surface area contributed by atoms with Gasteiger partial charge in [0, 0.05) is 48.9 Å². The van der Waals surface area contributed by atoms with Crippen molar-refractivity contribution in [1.29, 1.82) is 0 Å². The minimum absolute atomic E-state index is 0.164. The monoisotopic (exact) mass is 515 g/mol. The van der Waals surface area contributed by atoms with Crippen molar-refractivity contribution in [2.75, 3.05) is 37.9 Å². The van der Waals surface area contributed by atoms with E-state index in [1.807, 2.05) is 35.0 Å². The summed E-state index contributed by atoms with van der Waals surface area (Å²) in [4.78, 5) is 21.3. The van der Waals surface area contributed by atoms with Crippen molar-refractivity contribution in [3.05, 3.63) is 64.2 Å². The average Bonchev–Trinajstić information content (AvgIpc) is 3.71. The van der Waals surface area contributed by atoms with Crippen LogP contribution in [0.2, 0.25) is 0 Å². The molecule has 2 aromatic carbocycles. The van der Waals surface area contributed by atoms with Crippen LogP contribution in [-0.4, -0.2) is 68.2 Å². The Morgan fingerprint density at radius 1 is 0.974 bits per heavy atom. The number of aromatic hydroxyl groups is 1. The van der Waals surface area contributed by atoms with Gasteiger partial charge >= 0.3 is 0 Å². The molecule has 4 aromatic rings. The summed E-state index contributed by atoms with van der Waals surface area (Å²) in [6, 6.07) is 12.8. The van der Waals surface area contributed by atoms with Gasteiger partial charge in [0.2, 0.25) is 6.79 Å². The number of hydrogen-bond donors (Lipinski definition) is 2. The summed E-state index contributed by atoms with van der Waals surface area (Å²) < 4.78 is 13.0. The molecule has 1 unspecified atom stereocenters. The quantitative estimate of drug-likeness (QED) is 0.413. The number of rotatable bonds is 5. The number of anilines is 1. The van der Waals surface area contributed by atoms with E-state index in [1.165, 1.54) is 0 Å². The van der Waals surface area contributed by atoms with Crippen molar-refractivity contribution >= 4 is 16.6 Å². The highest BCUT2D eigenvalue weighted by Gasteiger charge is 2.35. The van der Waals surface area contributed by atoms with Crippen molar-refractivity contribution < 1.29 is 14.6 Å². The number of ether oxygens (including phenoxy) is 2. The maximum absolute atomic E-state index is 13.6. The standard InChI is InChI=1S/C27H29N7O4/c35-20-7-5-18(6-8-20)32-9-11-33(12-10-32)25(26-29-30-31-34(26)19-3-1-2-4-19)21-13-17-14-23-24(38-16-37-23)15-22(17)28-27(21)36/h5-8,13-15,19,25,35H,1-4,9-12,16H2,(H,28,36). The number of nitrogens with zero attached hydrogens (tertiary/aromatic N) is 6. The molecule has 0 spiro atoms. The van der Waals surface area contributed by atoms with E-state index in [0.717, 1.165) is 62.9 Å². The van der Waals surface area contributed by atoms with Gasteiger partial charge in [0.25, 0.3) is 5.56 Å². The molecule has 4 heterocycles. The molecule has 1 atom stereocenters. The molecule has 11 nitrogen and oxygen atoms in total. The van der Waals surface area contributed by atoms with Crippen LogP contribution in [0, 0.1) is 0 Å². The number of fused-ring (bicyclic) bond motifs is 2. The molecule has 11 heteroatoms. The molecule has 7 rings (SSSR count). The number of aromatic amines is 1. The molecule has 2 fully saturated rings. The minimum atomic E-state index is -0.397. The molecule has 2 aromatic heterocycles. The third-order valence-electron chi connectivity index (χ3n) is 7.99. The second-order valence-corrected chi connectivity index (χ2v) is 10.2. The van der Waals surface area contributed by atoms with E-state index in [4.69, 9.17) is 9.47 Å². The summed E-state index contributed by atoms with van der Waals surface area (Å²) >= 11 is 0. The fourth-order valence-corrected chi connectivity index (χ4v) is 6.01. The van der Waals surface area contributed by atoms with Crippen LogP contribution in [0.25, 0.3) is 10.9 Å². The Balaban J connectivity index is 1.27. The number of hydrogen-bond acceptors (Lipinski definition) is 9. The Morgan fingerprint density at radius 2 is 1.71 bits per heavy atom. The molecular formula is C27H29N7O4. The highest BCUT2D eigenvalue weighted by Crippen LogP contribution is 2.38. The van der Waals surface area contributed by atoms with Crippen LogP contribution in [0.3, 0.4) is 0 Å². The summed E-state index contributed by atoms with van der Waals surface area (Å²) in [6.45, 7) is 3.17. The Kier molecular flexibility index (Phi) is 5.65. The predicted molar refractivity (Wildman–Crippen MR) is 140 cm³/mol. The number of nitrogens with one attached hydrogen (secondary N) is 1. The second-order valence-electron chi connectivity index (χ2n) is 10.2. The van der Waals surface area contributed by atoms with Crippen LogP contribution in [0.4, 0.5) is 5.69 Å². The Labute approximate surface area is 218 Å². The maximum atomic E-state index is 13.6. The van der Waals surface area contributed by atoms with Gasteiger partial charge in [-0.25, -0.2) is 4.68 Å². The molecular weight excluding hydrogens is 486 g/mol. The number of H-pyrrole nitrogens is 1. The second kappa shape index (κ2) is 9.32. The minimum Gasteiger partial charge on any atom is -0.508 e. The zero-order valence-corrected chi connectivity index (χ0v) is 20.9. The lowest BCUT2D eigenvalue weighted by molar-refractivity contribution is 0.174. The fraction of sp³-hybridized carbons (Fsp3) is 0.407. The van der Waals surface area contributed by atoms with Gasteiger partial charge in [0.1, 0.15) is 11.8 Å². The Morgan fingerprint density at radius 3 is 2.47 bits per heavy atom. The van der Waals surface area contributed by atoms with E-state index in [2.05, 4.69) is 30.3 Å². The van der Waals surface area contributed by atoms with Crippen LogP contribution < -0.4 is 19.9 Å². The topological polar surface area (TPSA) is 122 Å². The van der Waals surface area contributed by atoms with Crippen molar-refractivity contribution in [2.45, 2.75) is 37.8 Å². The van der Waals surface area contributed by atoms with Gasteiger partial charge in [-0.15, -0.1) is 5.10 Å². The first kappa shape index (κ1) is 23.0. The van der Waals surface area contributed by atoms with E-state index < -0.39 is 6.04 Å². The van der Waals surface area contributed by atoms with Gasteiger partial charge < -0.3 is 24.5 Å². The summed E-state index contributed by atoms with van der Waals surface area (Å²) in [5, 5.41) is 23.5. The van der Waals surface area contributed by atoms with E-state index in [1.54, 1.807) is 12.1 Å². The lowest BCUT2D eigenvalue weighted by Crippen LogP contribution is -2.49. The Bertz CT molecular complexity index is 1520. The smallest absolute Gasteiger partial charge is 0.253 e. The van der Waals surface area contributed by atoms with E-state index in [0.29, 0.717) is 28.4 Å². The highest BCUT2D eigenvalue weighted by atomic mass is 16.7. The number of aromatic nitrogens is 5. The number of tetrazole rings is 1. The molecule has 1 saturated heterocycles. The molecule has 0 amide bonds. The summed E-state index contributed by atoms with van der Waals surface area (Å²) in [6.07, 6.45) is 4.39. The van der Waals surface area contributed by atoms with Gasteiger partial charge in [-0.05, 0) is 59.7 Å². The van der Waals surface area contributed by atoms with Crippen LogP contribution in [0.15, 0.2) is 47.3 Å². The van der Waals surface area contributed by atoms with Gasteiger partial charge in [-0.1, -0.05) is 12.8 Å². The van der Waals surface area contributed by atoms with Crippen LogP contribution in [0.1, 0.15) is 49.2 Å². The van der Waals surface area contributed by atoms with Crippen molar-refractivity contribution in [3.8, 4) is 17.2 Å². The summed E-state index contributed by atoms with van der Waals surface area (Å²) in [5.74, 6) is 2.27. The molecule has 1 aliphatic carbocycles. The molecule has 2 aliphatic heterocycles. The largest absolute Gasteiger partial charge is 0.508 e. The zero-order chi connectivity index (χ0) is 25.6. The first-order valence-electron chi connectivity index (χ1n) is 13.2. The zero-order valence-electron chi connectivity index (χ0n) is 20.9. The van der Waals surface area contributed by atoms with Crippen LogP contribution in [-0.2, 0) is 0 Å². The summed E-state index contributed by atoms with van der Waals surface area (Å²) in [7, 11) is 0. The van der Waals surface area contributed by atoms with E-state index in [-0.39, 0.29) is 24.1 Å². The highest BCUT2D eigenvalue weighted by molar-refractivity contribution is 5.83. The Hall–Kier alpha value is -4.12.